The summed E-state index contributed by atoms with van der Waals surface area (Å²) in [6.45, 7) is 1.43. The Labute approximate surface area is 186 Å². The lowest BCUT2D eigenvalue weighted by molar-refractivity contribution is -0.0248. The zero-order chi connectivity index (χ0) is 21.9. The second kappa shape index (κ2) is 8.77. The number of fused-ring (bicyclic) bond motifs is 1. The highest BCUT2D eigenvalue weighted by Gasteiger charge is 2.28. The second-order valence-corrected chi connectivity index (χ2v) is 7.69. The van der Waals surface area contributed by atoms with Crippen molar-refractivity contribution >= 4 is 16.7 Å². The molecule has 0 bridgehead atoms. The zero-order valence-electron chi connectivity index (χ0n) is 17.8. The second-order valence-electron chi connectivity index (χ2n) is 7.69. The summed E-state index contributed by atoms with van der Waals surface area (Å²) in [5.74, 6) is 0.724. The fourth-order valence-corrected chi connectivity index (χ4v) is 4.02. The van der Waals surface area contributed by atoms with Gasteiger partial charge in [-0.15, -0.1) is 0 Å². The van der Waals surface area contributed by atoms with Crippen LogP contribution in [0.2, 0.25) is 0 Å². The molecule has 4 aromatic rings. The number of pyridine rings is 2. The number of ether oxygens (including phenoxy) is 2. The molecule has 1 atom stereocenters. The quantitative estimate of drug-likeness (QED) is 0.481. The van der Waals surface area contributed by atoms with E-state index in [1.165, 1.54) is 0 Å². The molecule has 0 N–H and O–H groups in total. The van der Waals surface area contributed by atoms with Crippen LogP contribution in [0.5, 0.6) is 5.75 Å². The van der Waals surface area contributed by atoms with Crippen molar-refractivity contribution in [3.05, 3.63) is 90.5 Å². The van der Waals surface area contributed by atoms with Gasteiger partial charge in [0.05, 0.1) is 26.0 Å². The summed E-state index contributed by atoms with van der Waals surface area (Å²) in [5.41, 5.74) is 3.31. The maximum absolute atomic E-state index is 13.3. The molecule has 6 nitrogen and oxygen atoms in total. The molecule has 3 heterocycles. The fourth-order valence-electron chi connectivity index (χ4n) is 4.02. The van der Waals surface area contributed by atoms with Crippen LogP contribution >= 0.6 is 0 Å². The van der Waals surface area contributed by atoms with Crippen LogP contribution in [-0.2, 0) is 4.74 Å². The van der Waals surface area contributed by atoms with Gasteiger partial charge in [0, 0.05) is 29.9 Å². The van der Waals surface area contributed by atoms with E-state index >= 15 is 0 Å². The lowest BCUT2D eigenvalue weighted by Gasteiger charge is -2.32. The Kier molecular flexibility index (Phi) is 5.52. The number of hydrogen-bond donors (Lipinski definition) is 0. The van der Waals surface area contributed by atoms with Gasteiger partial charge < -0.3 is 14.4 Å². The molecule has 1 fully saturated rings. The summed E-state index contributed by atoms with van der Waals surface area (Å²) in [7, 11) is 1.65. The van der Waals surface area contributed by atoms with Gasteiger partial charge in [-0.25, -0.2) is 0 Å². The van der Waals surface area contributed by atoms with Crippen molar-refractivity contribution < 1.29 is 14.3 Å². The predicted molar refractivity (Wildman–Crippen MR) is 123 cm³/mol. The number of carbonyl (C=O) groups excluding carboxylic acids is 1. The molecule has 1 amide bonds. The number of hydrogen-bond acceptors (Lipinski definition) is 5. The highest BCUT2D eigenvalue weighted by atomic mass is 16.5. The van der Waals surface area contributed by atoms with E-state index < -0.39 is 0 Å². The van der Waals surface area contributed by atoms with Crippen molar-refractivity contribution in [2.45, 2.75) is 6.10 Å². The summed E-state index contributed by atoms with van der Waals surface area (Å²) >= 11 is 0. The van der Waals surface area contributed by atoms with Crippen LogP contribution in [0.4, 0.5) is 0 Å². The summed E-state index contributed by atoms with van der Waals surface area (Å²) in [4.78, 5) is 24.1. The first-order chi connectivity index (χ1) is 15.7. The number of benzene rings is 2. The average Bonchev–Trinajstić information content (AvgIpc) is 2.88. The van der Waals surface area contributed by atoms with Crippen molar-refractivity contribution in [2.24, 2.45) is 0 Å². The van der Waals surface area contributed by atoms with Gasteiger partial charge in [-0.1, -0.05) is 42.5 Å². The Morgan fingerprint density at radius 3 is 2.78 bits per heavy atom. The number of aromatic nitrogens is 2. The maximum Gasteiger partial charge on any atom is 0.273 e. The Morgan fingerprint density at radius 2 is 1.94 bits per heavy atom. The van der Waals surface area contributed by atoms with E-state index in [0.29, 0.717) is 25.4 Å². The minimum atomic E-state index is -0.276. The van der Waals surface area contributed by atoms with Gasteiger partial charge >= 0.3 is 0 Å². The number of rotatable bonds is 4. The molecule has 6 heteroatoms. The Balaban J connectivity index is 1.35. The standard InChI is InChI=1S/C26H23N3O3/c1-31-21-7-4-6-19(15-21)20-9-10-23(28-16-20)24-17-29(13-14-32-24)26(30)25-22-8-3-2-5-18(22)11-12-27-25/h2-12,15-16,24H,13-14,17H2,1H3/t24-/m0/s1. The first-order valence-corrected chi connectivity index (χ1v) is 10.6. The van der Waals surface area contributed by atoms with Crippen molar-refractivity contribution in [1.82, 2.24) is 14.9 Å². The molecule has 1 saturated heterocycles. The van der Waals surface area contributed by atoms with Gasteiger partial charge in [0.1, 0.15) is 17.5 Å². The molecule has 0 spiro atoms. The Bertz CT molecular complexity index is 1250. The molecule has 0 saturated carbocycles. The summed E-state index contributed by atoms with van der Waals surface area (Å²) in [6, 6.07) is 21.6. The minimum absolute atomic E-state index is 0.0805. The minimum Gasteiger partial charge on any atom is -0.497 e. The van der Waals surface area contributed by atoms with Crippen LogP contribution < -0.4 is 4.74 Å². The van der Waals surface area contributed by atoms with Crippen LogP contribution in [-0.4, -0.2) is 47.6 Å². The average molecular weight is 425 g/mol. The fraction of sp³-hybridized carbons (Fsp3) is 0.192. The summed E-state index contributed by atoms with van der Waals surface area (Å²) < 4.78 is 11.3. The molecule has 2 aromatic heterocycles. The largest absolute Gasteiger partial charge is 0.497 e. The van der Waals surface area contributed by atoms with Gasteiger partial charge in [0.25, 0.3) is 5.91 Å². The molecule has 1 aliphatic heterocycles. The van der Waals surface area contributed by atoms with Crippen molar-refractivity contribution in [3.63, 3.8) is 0 Å². The molecule has 5 rings (SSSR count). The van der Waals surface area contributed by atoms with Gasteiger partial charge in [0.2, 0.25) is 0 Å². The number of nitrogens with zero attached hydrogens (tertiary/aromatic N) is 3. The Hall–Kier alpha value is -3.77. The van der Waals surface area contributed by atoms with Gasteiger partial charge in [0.15, 0.2) is 0 Å². The number of methoxy groups -OCH3 is 1. The normalized spacial score (nSPS) is 16.2. The highest BCUT2D eigenvalue weighted by molar-refractivity contribution is 6.05. The molecule has 1 aliphatic rings. The summed E-state index contributed by atoms with van der Waals surface area (Å²) in [5, 5.41) is 1.87. The lowest BCUT2D eigenvalue weighted by atomic mass is 10.1. The molecular formula is C26H23N3O3. The van der Waals surface area contributed by atoms with E-state index in [4.69, 9.17) is 9.47 Å². The highest BCUT2D eigenvalue weighted by Crippen LogP contribution is 2.27. The molecule has 0 unspecified atom stereocenters. The van der Waals surface area contributed by atoms with Crippen LogP contribution in [0.1, 0.15) is 22.3 Å². The van der Waals surface area contributed by atoms with E-state index in [0.717, 1.165) is 33.3 Å². The molecular weight excluding hydrogens is 402 g/mol. The van der Waals surface area contributed by atoms with E-state index in [2.05, 4.69) is 9.97 Å². The van der Waals surface area contributed by atoms with E-state index in [1.807, 2.05) is 72.9 Å². The number of carbonyl (C=O) groups is 1. The van der Waals surface area contributed by atoms with Gasteiger partial charge in [-0.3, -0.25) is 14.8 Å². The van der Waals surface area contributed by atoms with Crippen molar-refractivity contribution in [2.75, 3.05) is 26.8 Å². The monoisotopic (exact) mass is 425 g/mol. The van der Waals surface area contributed by atoms with Crippen LogP contribution in [0.3, 0.4) is 0 Å². The van der Waals surface area contributed by atoms with E-state index in [1.54, 1.807) is 18.2 Å². The molecule has 2 aromatic carbocycles. The lowest BCUT2D eigenvalue weighted by Crippen LogP contribution is -2.42. The molecule has 0 aliphatic carbocycles. The number of amides is 1. The smallest absolute Gasteiger partial charge is 0.273 e. The third-order valence-corrected chi connectivity index (χ3v) is 5.75. The van der Waals surface area contributed by atoms with E-state index in [9.17, 15) is 4.79 Å². The predicted octanol–water partition coefficient (Wildman–Crippen LogP) is 4.52. The van der Waals surface area contributed by atoms with Crippen LogP contribution in [0.25, 0.3) is 21.9 Å². The molecule has 0 radical (unpaired) electrons. The third kappa shape index (κ3) is 3.92. The first-order valence-electron chi connectivity index (χ1n) is 10.6. The maximum atomic E-state index is 13.3. The van der Waals surface area contributed by atoms with Crippen LogP contribution in [0.15, 0.2) is 79.1 Å². The van der Waals surface area contributed by atoms with Crippen LogP contribution in [0, 0.1) is 0 Å². The first kappa shape index (κ1) is 20.2. The third-order valence-electron chi connectivity index (χ3n) is 5.75. The van der Waals surface area contributed by atoms with Crippen molar-refractivity contribution in [3.8, 4) is 16.9 Å². The molecule has 160 valence electrons. The van der Waals surface area contributed by atoms with E-state index in [-0.39, 0.29) is 12.0 Å². The van der Waals surface area contributed by atoms with Gasteiger partial charge in [-0.05, 0) is 35.2 Å². The zero-order valence-corrected chi connectivity index (χ0v) is 17.8. The van der Waals surface area contributed by atoms with Crippen molar-refractivity contribution in [1.29, 1.82) is 0 Å². The Morgan fingerprint density at radius 1 is 1.03 bits per heavy atom. The SMILES string of the molecule is COc1cccc(-c2ccc([C@@H]3CN(C(=O)c4nccc5ccccc45)CCO3)nc2)c1. The summed E-state index contributed by atoms with van der Waals surface area (Å²) in [6.07, 6.45) is 3.24. The number of morpholine rings is 1. The molecule has 32 heavy (non-hydrogen) atoms. The van der Waals surface area contributed by atoms with Gasteiger partial charge in [-0.2, -0.15) is 0 Å². The topological polar surface area (TPSA) is 64.5 Å².